The van der Waals surface area contributed by atoms with E-state index in [-0.39, 0.29) is 13.0 Å². The Kier molecular flexibility index (Phi) is 10.1. The Morgan fingerprint density at radius 1 is 1.00 bits per heavy atom. The Bertz CT molecular complexity index is 196. The summed E-state index contributed by atoms with van der Waals surface area (Å²) in [6.07, 6.45) is 0.877. The number of likely N-dealkylation sites (N-methyl/N-ethyl adjacent to an activating group) is 1. The predicted molar refractivity (Wildman–Crippen MR) is 68.2 cm³/mol. The van der Waals surface area contributed by atoms with Crippen molar-refractivity contribution in [1.82, 2.24) is 9.80 Å². The smallest absolute Gasteiger partial charge is 0.304 e. The molecule has 0 amide bonds. The fourth-order valence-electron chi connectivity index (χ4n) is 1.71. The molecule has 5 heteroatoms. The van der Waals surface area contributed by atoms with E-state index in [2.05, 4.69) is 23.6 Å². The molecule has 0 unspecified atom stereocenters. The van der Waals surface area contributed by atoms with Crippen LogP contribution < -0.4 is 0 Å². The van der Waals surface area contributed by atoms with Crippen LogP contribution in [-0.4, -0.2) is 71.9 Å². The Morgan fingerprint density at radius 2 is 1.59 bits per heavy atom. The highest BCUT2D eigenvalue weighted by molar-refractivity contribution is 5.66. The Labute approximate surface area is 104 Å². The number of hydrogen-bond acceptors (Lipinski definition) is 4. The molecule has 0 aliphatic rings. The van der Waals surface area contributed by atoms with Gasteiger partial charge < -0.3 is 20.0 Å². The van der Waals surface area contributed by atoms with Crippen LogP contribution in [0.5, 0.6) is 0 Å². The maximum absolute atomic E-state index is 10.5. The first-order chi connectivity index (χ1) is 8.13. The zero-order chi connectivity index (χ0) is 13.1. The molecule has 0 heterocycles. The molecule has 0 aromatic rings. The van der Waals surface area contributed by atoms with E-state index >= 15 is 0 Å². The molecule has 0 fully saturated rings. The average Bonchev–Trinajstić information content (AvgIpc) is 2.32. The topological polar surface area (TPSA) is 64.0 Å². The van der Waals surface area contributed by atoms with Crippen LogP contribution in [-0.2, 0) is 4.79 Å². The number of carboxylic acid groups (broad SMARTS) is 1. The van der Waals surface area contributed by atoms with E-state index in [4.69, 9.17) is 10.2 Å². The Balaban J connectivity index is 3.94. The maximum atomic E-state index is 10.5. The molecule has 0 spiro atoms. The van der Waals surface area contributed by atoms with Crippen LogP contribution in [0, 0.1) is 0 Å². The van der Waals surface area contributed by atoms with Crippen molar-refractivity contribution in [3.63, 3.8) is 0 Å². The first kappa shape index (κ1) is 16.4. The van der Waals surface area contributed by atoms with E-state index in [0.29, 0.717) is 13.0 Å². The van der Waals surface area contributed by atoms with E-state index < -0.39 is 5.97 Å². The molecule has 0 bridgehead atoms. The first-order valence-electron chi connectivity index (χ1n) is 6.41. The van der Waals surface area contributed by atoms with Gasteiger partial charge in [-0.1, -0.05) is 13.8 Å². The summed E-state index contributed by atoms with van der Waals surface area (Å²) in [4.78, 5) is 15.0. The maximum Gasteiger partial charge on any atom is 0.304 e. The predicted octanol–water partition coefficient (Wildman–Crippen LogP) is 0.487. The Morgan fingerprint density at radius 3 is 2.06 bits per heavy atom. The summed E-state index contributed by atoms with van der Waals surface area (Å²) in [7, 11) is 0. The van der Waals surface area contributed by atoms with E-state index in [1.54, 1.807) is 0 Å². The van der Waals surface area contributed by atoms with Gasteiger partial charge in [-0.3, -0.25) is 4.79 Å². The normalized spacial score (nSPS) is 11.4. The molecule has 0 radical (unpaired) electrons. The van der Waals surface area contributed by atoms with Crippen molar-refractivity contribution in [2.24, 2.45) is 0 Å². The third kappa shape index (κ3) is 9.09. The molecule has 102 valence electrons. The summed E-state index contributed by atoms with van der Waals surface area (Å²) >= 11 is 0. The molecule has 0 rings (SSSR count). The largest absolute Gasteiger partial charge is 0.481 e. The summed E-state index contributed by atoms with van der Waals surface area (Å²) in [5.41, 5.74) is 0. The zero-order valence-corrected chi connectivity index (χ0v) is 11.1. The highest BCUT2D eigenvalue weighted by Crippen LogP contribution is 1.97. The zero-order valence-electron chi connectivity index (χ0n) is 11.1. The second kappa shape index (κ2) is 10.5. The fourth-order valence-corrected chi connectivity index (χ4v) is 1.71. The Hall–Kier alpha value is -0.650. The van der Waals surface area contributed by atoms with Crippen LogP contribution in [0.2, 0.25) is 0 Å². The minimum absolute atomic E-state index is 0.162. The number of carbonyl (C=O) groups is 1. The van der Waals surface area contributed by atoms with Gasteiger partial charge in [0, 0.05) is 32.8 Å². The van der Waals surface area contributed by atoms with E-state index in [1.165, 1.54) is 0 Å². The number of rotatable bonds is 11. The van der Waals surface area contributed by atoms with Crippen molar-refractivity contribution >= 4 is 5.97 Å². The van der Waals surface area contributed by atoms with Crippen molar-refractivity contribution in [2.75, 3.05) is 45.9 Å². The van der Waals surface area contributed by atoms with Gasteiger partial charge in [-0.2, -0.15) is 0 Å². The molecule has 0 aliphatic carbocycles. The lowest BCUT2D eigenvalue weighted by Crippen LogP contribution is -2.37. The minimum atomic E-state index is -0.762. The van der Waals surface area contributed by atoms with Crippen LogP contribution in [0.4, 0.5) is 0 Å². The van der Waals surface area contributed by atoms with Crippen LogP contribution in [0.15, 0.2) is 0 Å². The van der Waals surface area contributed by atoms with Crippen molar-refractivity contribution in [2.45, 2.75) is 26.7 Å². The summed E-state index contributed by atoms with van der Waals surface area (Å²) in [5, 5.41) is 17.5. The number of aliphatic hydroxyl groups excluding tert-OH is 1. The SMILES string of the molecule is CCN(CC)CCN(CCCO)CCC(=O)O. The molecule has 2 N–H and O–H groups in total. The number of aliphatic carboxylic acids is 1. The monoisotopic (exact) mass is 246 g/mol. The molecule has 0 atom stereocenters. The van der Waals surface area contributed by atoms with Crippen LogP contribution in [0.3, 0.4) is 0 Å². The fraction of sp³-hybridized carbons (Fsp3) is 0.917. The molecule has 17 heavy (non-hydrogen) atoms. The van der Waals surface area contributed by atoms with Crippen LogP contribution in [0.25, 0.3) is 0 Å². The second-order valence-electron chi connectivity index (χ2n) is 4.09. The van der Waals surface area contributed by atoms with E-state index in [0.717, 1.165) is 32.7 Å². The molecular formula is C12H26N2O3. The molecule has 5 nitrogen and oxygen atoms in total. The van der Waals surface area contributed by atoms with Crippen LogP contribution >= 0.6 is 0 Å². The molecule has 0 saturated heterocycles. The lowest BCUT2D eigenvalue weighted by molar-refractivity contribution is -0.137. The average molecular weight is 246 g/mol. The number of hydrogen-bond donors (Lipinski definition) is 2. The van der Waals surface area contributed by atoms with Gasteiger partial charge >= 0.3 is 5.97 Å². The molecule has 0 aromatic heterocycles. The standard InChI is InChI=1S/C12H26N2O3/c1-3-13(4-2)9-10-14(7-5-11-15)8-6-12(16)17/h15H,3-11H2,1-2H3,(H,16,17). The minimum Gasteiger partial charge on any atom is -0.481 e. The van der Waals surface area contributed by atoms with Crippen molar-refractivity contribution < 1.29 is 15.0 Å². The van der Waals surface area contributed by atoms with Gasteiger partial charge in [0.2, 0.25) is 0 Å². The second-order valence-corrected chi connectivity index (χ2v) is 4.09. The van der Waals surface area contributed by atoms with Gasteiger partial charge in [0.15, 0.2) is 0 Å². The van der Waals surface area contributed by atoms with E-state index in [1.807, 2.05) is 0 Å². The van der Waals surface area contributed by atoms with Gasteiger partial charge in [-0.25, -0.2) is 0 Å². The molecular weight excluding hydrogens is 220 g/mol. The molecule has 0 saturated carbocycles. The van der Waals surface area contributed by atoms with Gasteiger partial charge in [0.25, 0.3) is 0 Å². The summed E-state index contributed by atoms with van der Waals surface area (Å²) in [5.74, 6) is -0.762. The highest BCUT2D eigenvalue weighted by Gasteiger charge is 2.08. The quantitative estimate of drug-likeness (QED) is 0.555. The lowest BCUT2D eigenvalue weighted by Gasteiger charge is -2.25. The van der Waals surface area contributed by atoms with Gasteiger partial charge in [-0.05, 0) is 19.5 Å². The summed E-state index contributed by atoms with van der Waals surface area (Å²) < 4.78 is 0. The number of nitrogens with zero attached hydrogens (tertiary/aromatic N) is 2. The van der Waals surface area contributed by atoms with Gasteiger partial charge in [-0.15, -0.1) is 0 Å². The van der Waals surface area contributed by atoms with Crippen molar-refractivity contribution in [3.8, 4) is 0 Å². The number of aliphatic hydroxyl groups is 1. The molecule has 0 aliphatic heterocycles. The summed E-state index contributed by atoms with van der Waals surface area (Å²) in [6.45, 7) is 9.60. The van der Waals surface area contributed by atoms with Crippen molar-refractivity contribution in [1.29, 1.82) is 0 Å². The molecule has 0 aromatic carbocycles. The highest BCUT2D eigenvalue weighted by atomic mass is 16.4. The van der Waals surface area contributed by atoms with Gasteiger partial charge in [0.1, 0.15) is 0 Å². The lowest BCUT2D eigenvalue weighted by atomic mass is 10.3. The first-order valence-corrected chi connectivity index (χ1v) is 6.41. The van der Waals surface area contributed by atoms with Gasteiger partial charge in [0.05, 0.1) is 6.42 Å². The van der Waals surface area contributed by atoms with E-state index in [9.17, 15) is 4.79 Å². The third-order valence-corrected chi connectivity index (χ3v) is 2.90. The number of carboxylic acids is 1. The third-order valence-electron chi connectivity index (χ3n) is 2.90. The van der Waals surface area contributed by atoms with Crippen molar-refractivity contribution in [3.05, 3.63) is 0 Å². The van der Waals surface area contributed by atoms with Crippen LogP contribution in [0.1, 0.15) is 26.7 Å². The summed E-state index contributed by atoms with van der Waals surface area (Å²) in [6, 6.07) is 0.